The highest BCUT2D eigenvalue weighted by atomic mass is 127. The third kappa shape index (κ3) is 5.95. The van der Waals surface area contributed by atoms with Gasteiger partial charge in [-0.25, -0.2) is 0 Å². The highest BCUT2D eigenvalue weighted by Gasteiger charge is 2.37. The van der Waals surface area contributed by atoms with Gasteiger partial charge >= 0.3 is 0 Å². The van der Waals surface area contributed by atoms with Gasteiger partial charge in [-0.05, 0) is 52.9 Å². The number of rotatable bonds is 6. The van der Waals surface area contributed by atoms with E-state index in [4.69, 9.17) is 44.0 Å². The zero-order valence-electron chi connectivity index (χ0n) is 16.7. The predicted octanol–water partition coefficient (Wildman–Crippen LogP) is 7.96. The Kier molecular flexibility index (Phi) is 8.06. The minimum absolute atomic E-state index is 0.0298. The molecule has 0 radical (unpaired) electrons. The molecule has 1 aromatic heterocycles. The molecule has 0 aliphatic rings. The van der Waals surface area contributed by atoms with Crippen molar-refractivity contribution in [2.24, 2.45) is 0 Å². The molecule has 1 aromatic carbocycles. The molecule has 28 heavy (non-hydrogen) atoms. The molecule has 1 atom stereocenters. The fourth-order valence-electron chi connectivity index (χ4n) is 2.14. The van der Waals surface area contributed by atoms with Gasteiger partial charge in [0.05, 0.1) is 10.0 Å². The van der Waals surface area contributed by atoms with Crippen molar-refractivity contribution in [2.45, 2.75) is 51.7 Å². The van der Waals surface area contributed by atoms with Crippen LogP contribution in [-0.2, 0) is 4.43 Å². The Hall–Kier alpha value is -0.123. The first kappa shape index (κ1) is 24.1. The van der Waals surface area contributed by atoms with E-state index in [1.807, 2.05) is 6.92 Å². The predicted molar refractivity (Wildman–Crippen MR) is 128 cm³/mol. The Labute approximate surface area is 196 Å². The molecule has 2 aromatic rings. The van der Waals surface area contributed by atoms with Gasteiger partial charge in [-0.2, -0.15) is 0 Å². The monoisotopic (exact) mass is 572 g/mol. The van der Waals surface area contributed by atoms with Crippen molar-refractivity contribution in [3.8, 4) is 11.6 Å². The number of halogens is 4. The van der Waals surface area contributed by atoms with E-state index in [9.17, 15) is 0 Å². The highest BCUT2D eigenvalue weighted by molar-refractivity contribution is 14.1. The normalized spacial score (nSPS) is 13.5. The van der Waals surface area contributed by atoms with E-state index in [0.717, 1.165) is 9.13 Å². The molecule has 4 nitrogen and oxygen atoms in total. The van der Waals surface area contributed by atoms with Crippen molar-refractivity contribution in [3.63, 3.8) is 0 Å². The molecule has 0 saturated carbocycles. The maximum atomic E-state index is 6.32. The second-order valence-corrected chi connectivity index (χ2v) is 15.4. The van der Waals surface area contributed by atoms with Gasteiger partial charge in [0.1, 0.15) is 0 Å². The maximum absolute atomic E-state index is 6.32. The molecule has 0 N–H and O–H groups in total. The van der Waals surface area contributed by atoms with Crippen molar-refractivity contribution >= 4 is 65.7 Å². The van der Waals surface area contributed by atoms with Crippen LogP contribution in [0.5, 0.6) is 11.6 Å². The molecule has 0 aliphatic carbocycles. The summed E-state index contributed by atoms with van der Waals surface area (Å²) in [4.78, 5) is 0. The molecule has 9 heteroatoms. The summed E-state index contributed by atoms with van der Waals surface area (Å²) in [5.74, 6) is 0.655. The summed E-state index contributed by atoms with van der Waals surface area (Å²) >= 11 is 20.9. The lowest BCUT2D eigenvalue weighted by Gasteiger charge is -2.37. The Morgan fingerprint density at radius 1 is 1.07 bits per heavy atom. The van der Waals surface area contributed by atoms with Crippen LogP contribution in [0.2, 0.25) is 33.3 Å². The zero-order valence-corrected chi connectivity index (χ0v) is 22.2. The number of ether oxygens (including phenoxy) is 1. The smallest absolute Gasteiger partial charge is 0.239 e. The molecule has 0 fully saturated rings. The SMILES string of the molecule is CC(CO[Si](C)(C)C(C)(C)C)c1cc(Oc2c(Cl)cc(I)cc2Cl)nnc1Cl. The minimum atomic E-state index is -1.86. The lowest BCUT2D eigenvalue weighted by atomic mass is 10.1. The lowest BCUT2D eigenvalue weighted by Crippen LogP contribution is -2.41. The Balaban J connectivity index is 2.22. The van der Waals surface area contributed by atoms with Crippen LogP contribution in [0.3, 0.4) is 0 Å². The average Bonchev–Trinajstić information content (AvgIpc) is 2.56. The molecule has 0 aliphatic heterocycles. The molecule has 0 saturated heterocycles. The van der Waals surface area contributed by atoms with Gasteiger partial charge in [-0.1, -0.05) is 62.5 Å². The van der Waals surface area contributed by atoms with E-state index in [-0.39, 0.29) is 16.8 Å². The van der Waals surface area contributed by atoms with E-state index in [1.54, 1.807) is 18.2 Å². The van der Waals surface area contributed by atoms with Gasteiger partial charge in [-0.3, -0.25) is 0 Å². The third-order valence-corrected chi connectivity index (χ3v) is 10.9. The fraction of sp³-hybridized carbons (Fsp3) is 0.474. The van der Waals surface area contributed by atoms with Crippen molar-refractivity contribution in [1.29, 1.82) is 0 Å². The molecular formula is C19H24Cl3IN2O2Si. The summed E-state index contributed by atoms with van der Waals surface area (Å²) in [6.45, 7) is 13.7. The molecule has 0 amide bonds. The van der Waals surface area contributed by atoms with Gasteiger partial charge < -0.3 is 9.16 Å². The number of aromatic nitrogens is 2. The van der Waals surface area contributed by atoms with Crippen molar-refractivity contribution < 1.29 is 9.16 Å². The Bertz CT molecular complexity index is 837. The molecule has 2 rings (SSSR count). The summed E-state index contributed by atoms with van der Waals surface area (Å²) in [6, 6.07) is 5.30. The van der Waals surface area contributed by atoms with E-state index in [0.29, 0.717) is 27.6 Å². The summed E-state index contributed by atoms with van der Waals surface area (Å²) in [6.07, 6.45) is 0. The summed E-state index contributed by atoms with van der Waals surface area (Å²) < 4.78 is 13.0. The van der Waals surface area contributed by atoms with Crippen LogP contribution < -0.4 is 4.74 Å². The van der Waals surface area contributed by atoms with Crippen LogP contribution in [0.1, 0.15) is 39.2 Å². The molecular weight excluding hydrogens is 550 g/mol. The van der Waals surface area contributed by atoms with E-state index in [2.05, 4.69) is 66.7 Å². The standard InChI is InChI=1S/C19H24Cl3IN2O2Si/c1-11(10-26-28(5,6)19(2,3)4)13-9-16(24-25-18(13)22)27-17-14(20)7-12(23)8-15(17)21/h7-9,11H,10H2,1-6H3. The first-order valence-corrected chi connectivity index (χ1v) is 13.9. The van der Waals surface area contributed by atoms with Gasteiger partial charge in [0, 0.05) is 27.7 Å². The van der Waals surface area contributed by atoms with E-state index in [1.165, 1.54) is 0 Å². The van der Waals surface area contributed by atoms with Crippen LogP contribution in [0, 0.1) is 3.57 Å². The largest absolute Gasteiger partial charge is 0.434 e. The van der Waals surface area contributed by atoms with E-state index >= 15 is 0 Å². The van der Waals surface area contributed by atoms with Crippen LogP contribution in [-0.4, -0.2) is 25.1 Å². The fourth-order valence-corrected chi connectivity index (χ4v) is 5.07. The Morgan fingerprint density at radius 2 is 1.64 bits per heavy atom. The van der Waals surface area contributed by atoms with Gasteiger partial charge in [0.2, 0.25) is 5.88 Å². The first-order valence-electron chi connectivity index (χ1n) is 8.81. The van der Waals surface area contributed by atoms with Crippen LogP contribution in [0.4, 0.5) is 0 Å². The molecule has 0 spiro atoms. The van der Waals surface area contributed by atoms with Crippen LogP contribution in [0.25, 0.3) is 0 Å². The number of nitrogens with zero attached hydrogens (tertiary/aromatic N) is 2. The molecule has 154 valence electrons. The Morgan fingerprint density at radius 3 is 2.18 bits per heavy atom. The third-order valence-electron chi connectivity index (χ3n) is 4.95. The maximum Gasteiger partial charge on any atom is 0.239 e. The van der Waals surface area contributed by atoms with Gasteiger partial charge in [-0.15, -0.1) is 10.2 Å². The van der Waals surface area contributed by atoms with Crippen molar-refractivity contribution in [1.82, 2.24) is 10.2 Å². The first-order chi connectivity index (χ1) is 12.8. The lowest BCUT2D eigenvalue weighted by molar-refractivity contribution is 0.268. The zero-order chi connectivity index (χ0) is 21.3. The quantitative estimate of drug-likeness (QED) is 0.260. The van der Waals surface area contributed by atoms with Gasteiger partial charge in [0.15, 0.2) is 19.2 Å². The molecule has 1 heterocycles. The van der Waals surface area contributed by atoms with Crippen LogP contribution in [0.15, 0.2) is 18.2 Å². The van der Waals surface area contributed by atoms with E-state index < -0.39 is 8.32 Å². The second-order valence-electron chi connectivity index (χ2n) is 8.20. The summed E-state index contributed by atoms with van der Waals surface area (Å²) in [5, 5.41) is 9.32. The highest BCUT2D eigenvalue weighted by Crippen LogP contribution is 2.39. The van der Waals surface area contributed by atoms with Gasteiger partial charge in [0.25, 0.3) is 0 Å². The van der Waals surface area contributed by atoms with Crippen molar-refractivity contribution in [3.05, 3.63) is 42.5 Å². The second kappa shape index (κ2) is 9.35. The average molecular weight is 574 g/mol. The molecule has 0 bridgehead atoms. The summed E-state index contributed by atoms with van der Waals surface area (Å²) in [7, 11) is -1.86. The molecule has 1 unspecified atom stereocenters. The summed E-state index contributed by atoms with van der Waals surface area (Å²) in [5.41, 5.74) is 0.808. The van der Waals surface area contributed by atoms with Crippen LogP contribution >= 0.6 is 57.4 Å². The minimum Gasteiger partial charge on any atom is -0.434 e. The number of benzene rings is 1. The topological polar surface area (TPSA) is 44.2 Å². The van der Waals surface area contributed by atoms with Crippen molar-refractivity contribution in [2.75, 3.05) is 6.61 Å². The number of hydrogen-bond donors (Lipinski definition) is 0. The number of hydrogen-bond acceptors (Lipinski definition) is 4.